The molecule has 1 heterocycles. The predicted octanol–water partition coefficient (Wildman–Crippen LogP) is 3.65. The highest BCUT2D eigenvalue weighted by Crippen LogP contribution is 2.31. The highest BCUT2D eigenvalue weighted by molar-refractivity contribution is 8.14. The summed E-state index contributed by atoms with van der Waals surface area (Å²) in [6, 6.07) is 15.1. The van der Waals surface area contributed by atoms with Gasteiger partial charge in [-0.2, -0.15) is 0 Å². The average Bonchev–Trinajstić information content (AvgIpc) is 2.94. The fraction of sp³-hybridized carbons (Fsp3) is 0.227. The van der Waals surface area contributed by atoms with Crippen molar-refractivity contribution in [3.63, 3.8) is 0 Å². The molecule has 0 spiro atoms. The van der Waals surface area contributed by atoms with E-state index >= 15 is 0 Å². The molecule has 0 bridgehead atoms. The SMILES string of the molecule is COC(=O)CC1=CC(SCC(=O)NCc2ccc(OC)cc2)=Nc2ccccc2N1. The van der Waals surface area contributed by atoms with Crippen LogP contribution in [-0.2, 0) is 20.9 Å². The van der Waals surface area contributed by atoms with Crippen molar-refractivity contribution < 1.29 is 19.1 Å². The van der Waals surface area contributed by atoms with E-state index < -0.39 is 0 Å². The number of benzene rings is 2. The van der Waals surface area contributed by atoms with Gasteiger partial charge in [-0.05, 0) is 35.9 Å². The number of fused-ring (bicyclic) bond motifs is 1. The third-order valence-electron chi connectivity index (χ3n) is 4.29. The zero-order chi connectivity index (χ0) is 21.3. The Morgan fingerprint density at radius 3 is 2.60 bits per heavy atom. The van der Waals surface area contributed by atoms with Gasteiger partial charge < -0.3 is 20.1 Å². The highest BCUT2D eigenvalue weighted by atomic mass is 32.2. The number of ether oxygens (including phenoxy) is 2. The van der Waals surface area contributed by atoms with Crippen LogP contribution in [0.4, 0.5) is 11.4 Å². The van der Waals surface area contributed by atoms with E-state index in [4.69, 9.17) is 9.47 Å². The van der Waals surface area contributed by atoms with Crippen molar-refractivity contribution in [3.8, 4) is 5.75 Å². The van der Waals surface area contributed by atoms with Crippen molar-refractivity contribution in [1.82, 2.24) is 5.32 Å². The Labute approximate surface area is 179 Å². The minimum absolute atomic E-state index is 0.0913. The topological polar surface area (TPSA) is 89.0 Å². The third kappa shape index (κ3) is 6.12. The molecule has 0 unspecified atom stereocenters. The first kappa shape index (κ1) is 21.4. The van der Waals surface area contributed by atoms with Crippen LogP contribution in [0.5, 0.6) is 5.75 Å². The lowest BCUT2D eigenvalue weighted by molar-refractivity contribution is -0.139. The summed E-state index contributed by atoms with van der Waals surface area (Å²) in [5.41, 5.74) is 3.19. The van der Waals surface area contributed by atoms with Crippen LogP contribution in [0.2, 0.25) is 0 Å². The Morgan fingerprint density at radius 2 is 1.87 bits per heavy atom. The lowest BCUT2D eigenvalue weighted by Crippen LogP contribution is -2.25. The van der Waals surface area contributed by atoms with Crippen LogP contribution < -0.4 is 15.4 Å². The van der Waals surface area contributed by atoms with Gasteiger partial charge in [0.1, 0.15) is 5.75 Å². The van der Waals surface area contributed by atoms with E-state index in [9.17, 15) is 9.59 Å². The maximum absolute atomic E-state index is 12.3. The van der Waals surface area contributed by atoms with Crippen LogP contribution in [0.1, 0.15) is 12.0 Å². The van der Waals surface area contributed by atoms with Crippen LogP contribution in [0.25, 0.3) is 0 Å². The van der Waals surface area contributed by atoms with E-state index in [0.29, 0.717) is 17.3 Å². The number of rotatable bonds is 7. The number of anilines is 1. The van der Waals surface area contributed by atoms with Gasteiger partial charge in [0.05, 0.1) is 42.8 Å². The zero-order valence-electron chi connectivity index (χ0n) is 16.8. The molecule has 1 aliphatic rings. The van der Waals surface area contributed by atoms with Gasteiger partial charge in [0.2, 0.25) is 5.91 Å². The summed E-state index contributed by atoms with van der Waals surface area (Å²) in [7, 11) is 2.97. The molecule has 0 saturated carbocycles. The zero-order valence-corrected chi connectivity index (χ0v) is 17.6. The summed E-state index contributed by atoms with van der Waals surface area (Å²) in [6.07, 6.45) is 1.87. The molecule has 0 aromatic heterocycles. The van der Waals surface area contributed by atoms with E-state index in [1.54, 1.807) is 13.2 Å². The predicted molar refractivity (Wildman–Crippen MR) is 119 cm³/mol. The molecule has 0 saturated heterocycles. The second kappa shape index (κ2) is 10.5. The van der Waals surface area contributed by atoms with Crippen molar-refractivity contribution in [2.75, 3.05) is 25.3 Å². The van der Waals surface area contributed by atoms with Crippen molar-refractivity contribution >= 4 is 40.1 Å². The maximum Gasteiger partial charge on any atom is 0.311 e. The first-order chi connectivity index (χ1) is 14.6. The van der Waals surface area contributed by atoms with Crippen molar-refractivity contribution in [1.29, 1.82) is 0 Å². The molecular weight excluding hydrogens is 402 g/mol. The molecule has 0 radical (unpaired) electrons. The van der Waals surface area contributed by atoms with Gasteiger partial charge in [-0.1, -0.05) is 36.0 Å². The molecule has 2 aromatic rings. The Kier molecular flexibility index (Phi) is 7.51. The number of hydrogen-bond acceptors (Lipinski definition) is 7. The lowest BCUT2D eigenvalue weighted by Gasteiger charge is -2.09. The fourth-order valence-corrected chi connectivity index (χ4v) is 3.49. The fourth-order valence-electron chi connectivity index (χ4n) is 2.72. The third-order valence-corrected chi connectivity index (χ3v) is 5.20. The van der Waals surface area contributed by atoms with Crippen LogP contribution in [0, 0.1) is 0 Å². The van der Waals surface area contributed by atoms with Gasteiger partial charge in [0.15, 0.2) is 0 Å². The number of nitrogens with one attached hydrogen (secondary N) is 2. The quantitative estimate of drug-likeness (QED) is 0.659. The monoisotopic (exact) mass is 425 g/mol. The molecule has 30 heavy (non-hydrogen) atoms. The molecule has 156 valence electrons. The minimum atomic E-state index is -0.352. The van der Waals surface area contributed by atoms with Crippen molar-refractivity contribution in [3.05, 3.63) is 65.9 Å². The Hall–Kier alpha value is -3.26. The number of methoxy groups -OCH3 is 2. The number of carbonyl (C=O) groups excluding carboxylic acids is 2. The van der Waals surface area contributed by atoms with Crippen LogP contribution in [0.3, 0.4) is 0 Å². The number of thioether (sulfide) groups is 1. The number of nitrogens with zero attached hydrogens (tertiary/aromatic N) is 1. The van der Waals surface area contributed by atoms with E-state index in [2.05, 4.69) is 15.6 Å². The molecule has 1 amide bonds. The average molecular weight is 426 g/mol. The number of amides is 1. The molecule has 1 aliphatic heterocycles. The number of carbonyl (C=O) groups is 2. The van der Waals surface area contributed by atoms with Crippen LogP contribution in [0.15, 0.2) is 65.3 Å². The smallest absolute Gasteiger partial charge is 0.311 e. The van der Waals surface area contributed by atoms with Gasteiger partial charge in [0, 0.05) is 12.2 Å². The number of para-hydroxylation sites is 2. The standard InChI is InChI=1S/C22H23N3O4S/c1-28-17-9-7-15(8-10-17)13-23-20(26)14-30-21-11-16(12-22(27)29-2)24-18-5-3-4-6-19(18)25-21/h3-11,24H,12-14H2,1-2H3,(H,23,26). The Bertz CT molecular complexity index is 971. The molecule has 0 fully saturated rings. The van der Waals surface area contributed by atoms with E-state index in [1.807, 2.05) is 48.5 Å². The number of esters is 1. The molecule has 2 aromatic carbocycles. The lowest BCUT2D eigenvalue weighted by atomic mass is 10.2. The molecule has 7 nitrogen and oxygen atoms in total. The molecule has 8 heteroatoms. The maximum atomic E-state index is 12.3. The second-order valence-electron chi connectivity index (χ2n) is 6.43. The minimum Gasteiger partial charge on any atom is -0.497 e. The normalized spacial score (nSPS) is 12.5. The number of hydrogen-bond donors (Lipinski definition) is 2. The second-order valence-corrected chi connectivity index (χ2v) is 7.42. The Balaban J connectivity index is 1.62. The van der Waals surface area contributed by atoms with Crippen LogP contribution in [-0.4, -0.2) is 36.9 Å². The van der Waals surface area contributed by atoms with Crippen LogP contribution >= 0.6 is 11.8 Å². The first-order valence-corrected chi connectivity index (χ1v) is 10.3. The summed E-state index contributed by atoms with van der Waals surface area (Å²) in [5, 5.41) is 6.76. The van der Waals surface area contributed by atoms with E-state index in [1.165, 1.54) is 18.9 Å². The Morgan fingerprint density at radius 1 is 1.10 bits per heavy atom. The van der Waals surface area contributed by atoms with Crippen molar-refractivity contribution in [2.45, 2.75) is 13.0 Å². The largest absolute Gasteiger partial charge is 0.497 e. The van der Waals surface area contributed by atoms with Gasteiger partial charge in [-0.25, -0.2) is 4.99 Å². The van der Waals surface area contributed by atoms with E-state index in [-0.39, 0.29) is 24.1 Å². The summed E-state index contributed by atoms with van der Waals surface area (Å²) in [5.74, 6) is 0.524. The first-order valence-electron chi connectivity index (χ1n) is 9.32. The summed E-state index contributed by atoms with van der Waals surface area (Å²) in [6.45, 7) is 0.434. The van der Waals surface area contributed by atoms with Gasteiger partial charge >= 0.3 is 5.97 Å². The molecule has 0 aliphatic carbocycles. The van der Waals surface area contributed by atoms with E-state index in [0.717, 1.165) is 22.7 Å². The molecule has 0 atom stereocenters. The summed E-state index contributed by atoms with van der Waals surface area (Å²) in [4.78, 5) is 28.6. The highest BCUT2D eigenvalue weighted by Gasteiger charge is 2.15. The molecule has 3 rings (SSSR count). The van der Waals surface area contributed by atoms with Gasteiger partial charge in [0.25, 0.3) is 0 Å². The van der Waals surface area contributed by atoms with Crippen molar-refractivity contribution in [2.24, 2.45) is 4.99 Å². The number of aliphatic imine (C=N–C) groups is 1. The van der Waals surface area contributed by atoms with Gasteiger partial charge in [-0.3, -0.25) is 9.59 Å². The summed E-state index contributed by atoms with van der Waals surface area (Å²) >= 11 is 1.31. The molecular formula is C22H23N3O4S. The summed E-state index contributed by atoms with van der Waals surface area (Å²) < 4.78 is 9.90. The molecule has 2 N–H and O–H groups in total. The van der Waals surface area contributed by atoms with Gasteiger partial charge in [-0.15, -0.1) is 0 Å².